The predicted molar refractivity (Wildman–Crippen MR) is 92.8 cm³/mol. The Bertz CT molecular complexity index is 505. The van der Waals surface area contributed by atoms with Crippen LogP contribution >= 0.6 is 0 Å². The van der Waals surface area contributed by atoms with Gasteiger partial charge in [0.1, 0.15) is 0 Å². The minimum Gasteiger partial charge on any atom is -0.378 e. The first-order valence-corrected chi connectivity index (χ1v) is 8.32. The average Bonchev–Trinajstić information content (AvgIpc) is 2.52. The fourth-order valence-electron chi connectivity index (χ4n) is 2.89. The number of anilines is 1. The number of hydrogen-bond acceptors (Lipinski definition) is 3. The maximum atomic E-state index is 12.7. The molecule has 122 valence electrons. The van der Waals surface area contributed by atoms with Crippen LogP contribution in [0.15, 0.2) is 18.2 Å². The van der Waals surface area contributed by atoms with E-state index in [2.05, 4.69) is 22.8 Å². The van der Waals surface area contributed by atoms with Gasteiger partial charge in [-0.05, 0) is 43.7 Å². The molecule has 0 aliphatic carbocycles. The molecule has 1 aromatic rings. The minimum absolute atomic E-state index is 0.179. The maximum Gasteiger partial charge on any atom is 0.254 e. The zero-order valence-corrected chi connectivity index (χ0v) is 14.4. The van der Waals surface area contributed by atoms with Gasteiger partial charge < -0.3 is 9.80 Å². The van der Waals surface area contributed by atoms with Crippen LogP contribution in [0.4, 0.5) is 5.69 Å². The van der Waals surface area contributed by atoms with Crippen molar-refractivity contribution in [1.29, 1.82) is 0 Å². The van der Waals surface area contributed by atoms with Gasteiger partial charge in [0.05, 0.1) is 0 Å². The van der Waals surface area contributed by atoms with Crippen LogP contribution in [0.5, 0.6) is 0 Å². The normalized spacial score (nSPS) is 15.9. The van der Waals surface area contributed by atoms with E-state index in [1.165, 1.54) is 12.8 Å². The Morgan fingerprint density at radius 2 is 1.86 bits per heavy atom. The number of carbonyl (C=O) groups excluding carboxylic acids is 1. The van der Waals surface area contributed by atoms with Gasteiger partial charge in [0.25, 0.3) is 5.91 Å². The smallest absolute Gasteiger partial charge is 0.254 e. The average molecular weight is 303 g/mol. The number of rotatable bonds is 5. The van der Waals surface area contributed by atoms with E-state index in [0.717, 1.165) is 49.5 Å². The summed E-state index contributed by atoms with van der Waals surface area (Å²) in [6.45, 7) is 9.10. The standard InChI is InChI=1S/C18H29N3O/c1-5-6-9-20-10-12-21(13-11-20)18(22)17-8-7-16(19(3)4)14-15(17)2/h7-8,14H,5-6,9-13H2,1-4H3. The molecule has 4 nitrogen and oxygen atoms in total. The van der Waals surface area contributed by atoms with Crippen LogP contribution < -0.4 is 4.90 Å². The molecule has 1 heterocycles. The van der Waals surface area contributed by atoms with Crippen molar-refractivity contribution >= 4 is 11.6 Å². The lowest BCUT2D eigenvalue weighted by molar-refractivity contribution is 0.0635. The van der Waals surface area contributed by atoms with Gasteiger partial charge in [-0.2, -0.15) is 0 Å². The zero-order chi connectivity index (χ0) is 16.1. The monoisotopic (exact) mass is 303 g/mol. The van der Waals surface area contributed by atoms with E-state index >= 15 is 0 Å². The van der Waals surface area contributed by atoms with E-state index in [-0.39, 0.29) is 5.91 Å². The molecule has 0 unspecified atom stereocenters. The van der Waals surface area contributed by atoms with Crippen molar-refractivity contribution in [2.45, 2.75) is 26.7 Å². The highest BCUT2D eigenvalue weighted by molar-refractivity contribution is 5.96. The fourth-order valence-corrected chi connectivity index (χ4v) is 2.89. The second-order valence-electron chi connectivity index (χ2n) is 6.38. The molecule has 0 N–H and O–H groups in total. The summed E-state index contributed by atoms with van der Waals surface area (Å²) < 4.78 is 0. The largest absolute Gasteiger partial charge is 0.378 e. The molecule has 1 saturated heterocycles. The SMILES string of the molecule is CCCCN1CCN(C(=O)c2ccc(N(C)C)cc2C)CC1. The number of nitrogens with zero attached hydrogens (tertiary/aromatic N) is 3. The third-order valence-corrected chi connectivity index (χ3v) is 4.44. The Kier molecular flexibility index (Phi) is 5.83. The molecule has 1 aliphatic heterocycles. The van der Waals surface area contributed by atoms with Gasteiger partial charge in [0.2, 0.25) is 0 Å². The van der Waals surface area contributed by atoms with Gasteiger partial charge >= 0.3 is 0 Å². The van der Waals surface area contributed by atoms with Crippen molar-refractivity contribution < 1.29 is 4.79 Å². The van der Waals surface area contributed by atoms with Crippen LogP contribution in [0.25, 0.3) is 0 Å². The lowest BCUT2D eigenvalue weighted by atomic mass is 10.1. The number of amides is 1. The van der Waals surface area contributed by atoms with Crippen LogP contribution in [-0.2, 0) is 0 Å². The number of benzene rings is 1. The van der Waals surface area contributed by atoms with Crippen LogP contribution in [0, 0.1) is 6.92 Å². The maximum absolute atomic E-state index is 12.7. The molecule has 1 fully saturated rings. The van der Waals surface area contributed by atoms with E-state index in [0.29, 0.717) is 0 Å². The van der Waals surface area contributed by atoms with Gasteiger partial charge in [-0.25, -0.2) is 0 Å². The molecule has 1 aliphatic rings. The van der Waals surface area contributed by atoms with E-state index in [1.807, 2.05) is 38.1 Å². The summed E-state index contributed by atoms with van der Waals surface area (Å²) in [5.74, 6) is 0.179. The summed E-state index contributed by atoms with van der Waals surface area (Å²) in [6.07, 6.45) is 2.48. The van der Waals surface area contributed by atoms with Crippen LogP contribution in [-0.4, -0.2) is 62.5 Å². The summed E-state index contributed by atoms with van der Waals surface area (Å²) in [5.41, 5.74) is 3.04. The van der Waals surface area contributed by atoms with E-state index < -0.39 is 0 Å². The second-order valence-corrected chi connectivity index (χ2v) is 6.38. The molecule has 2 rings (SSSR count). The first kappa shape index (κ1) is 16.8. The highest BCUT2D eigenvalue weighted by Gasteiger charge is 2.22. The Hall–Kier alpha value is -1.55. The number of piperazine rings is 1. The van der Waals surface area contributed by atoms with Crippen molar-refractivity contribution in [1.82, 2.24) is 9.80 Å². The Balaban J connectivity index is 1.98. The van der Waals surface area contributed by atoms with Crippen LogP contribution in [0.2, 0.25) is 0 Å². The van der Waals surface area contributed by atoms with Crippen LogP contribution in [0.1, 0.15) is 35.7 Å². The molecule has 1 aromatic carbocycles. The highest BCUT2D eigenvalue weighted by atomic mass is 16.2. The van der Waals surface area contributed by atoms with Gasteiger partial charge in [-0.15, -0.1) is 0 Å². The number of aryl methyl sites for hydroxylation is 1. The summed E-state index contributed by atoms with van der Waals surface area (Å²) >= 11 is 0. The van der Waals surface area contributed by atoms with Gasteiger partial charge in [-0.3, -0.25) is 9.69 Å². The Morgan fingerprint density at radius 3 is 2.41 bits per heavy atom. The molecule has 4 heteroatoms. The third kappa shape index (κ3) is 4.01. The first-order valence-electron chi connectivity index (χ1n) is 8.32. The zero-order valence-electron chi connectivity index (χ0n) is 14.4. The van der Waals surface area contributed by atoms with Gasteiger partial charge in [0, 0.05) is 51.5 Å². The molecule has 0 saturated carbocycles. The van der Waals surface area contributed by atoms with Gasteiger partial charge in [0.15, 0.2) is 0 Å². The molecule has 1 amide bonds. The van der Waals surface area contributed by atoms with Crippen molar-refractivity contribution in [2.24, 2.45) is 0 Å². The fraction of sp³-hybridized carbons (Fsp3) is 0.611. The highest BCUT2D eigenvalue weighted by Crippen LogP contribution is 2.19. The molecular weight excluding hydrogens is 274 g/mol. The van der Waals surface area contributed by atoms with E-state index in [9.17, 15) is 4.79 Å². The Morgan fingerprint density at radius 1 is 1.18 bits per heavy atom. The molecule has 0 bridgehead atoms. The van der Waals surface area contributed by atoms with Crippen molar-refractivity contribution in [3.8, 4) is 0 Å². The lowest BCUT2D eigenvalue weighted by Crippen LogP contribution is -2.48. The topological polar surface area (TPSA) is 26.8 Å². The molecule has 22 heavy (non-hydrogen) atoms. The molecule has 0 spiro atoms. The summed E-state index contributed by atoms with van der Waals surface area (Å²) in [5, 5.41) is 0. The first-order chi connectivity index (χ1) is 10.5. The van der Waals surface area contributed by atoms with Crippen molar-refractivity contribution in [3.63, 3.8) is 0 Å². The summed E-state index contributed by atoms with van der Waals surface area (Å²) in [4.78, 5) is 19.2. The lowest BCUT2D eigenvalue weighted by Gasteiger charge is -2.35. The number of unbranched alkanes of at least 4 members (excludes halogenated alkanes) is 1. The molecule has 0 atom stereocenters. The van der Waals surface area contributed by atoms with Crippen molar-refractivity contribution in [3.05, 3.63) is 29.3 Å². The van der Waals surface area contributed by atoms with Gasteiger partial charge in [-0.1, -0.05) is 13.3 Å². The molecular formula is C18H29N3O. The second kappa shape index (κ2) is 7.63. The molecule has 0 radical (unpaired) electrons. The van der Waals surface area contributed by atoms with E-state index in [1.54, 1.807) is 0 Å². The summed E-state index contributed by atoms with van der Waals surface area (Å²) in [6, 6.07) is 6.08. The van der Waals surface area contributed by atoms with Crippen molar-refractivity contribution in [2.75, 3.05) is 51.7 Å². The van der Waals surface area contributed by atoms with E-state index in [4.69, 9.17) is 0 Å². The number of carbonyl (C=O) groups is 1. The Labute approximate surface area is 134 Å². The summed E-state index contributed by atoms with van der Waals surface area (Å²) in [7, 11) is 4.04. The predicted octanol–water partition coefficient (Wildman–Crippen LogP) is 2.62. The molecule has 0 aromatic heterocycles. The third-order valence-electron chi connectivity index (χ3n) is 4.44. The number of hydrogen-bond donors (Lipinski definition) is 0. The van der Waals surface area contributed by atoms with Crippen LogP contribution in [0.3, 0.4) is 0 Å². The minimum atomic E-state index is 0.179. The quantitative estimate of drug-likeness (QED) is 0.836.